The Balaban J connectivity index is 1.69. The van der Waals surface area contributed by atoms with Crippen LogP contribution in [-0.4, -0.2) is 25.0 Å². The molecule has 0 spiro atoms. The summed E-state index contributed by atoms with van der Waals surface area (Å²) in [6.07, 6.45) is 1.06. The molecule has 0 heterocycles. The van der Waals surface area contributed by atoms with Crippen molar-refractivity contribution in [3.05, 3.63) is 58.1 Å². The molecule has 2 N–H and O–H groups in total. The van der Waals surface area contributed by atoms with E-state index >= 15 is 0 Å². The van der Waals surface area contributed by atoms with Crippen LogP contribution in [0.4, 0.5) is 0 Å². The summed E-state index contributed by atoms with van der Waals surface area (Å²) >= 11 is 3.38. The van der Waals surface area contributed by atoms with Crippen LogP contribution in [0.25, 0.3) is 0 Å². The number of amides is 2. The molecule has 0 saturated heterocycles. The van der Waals surface area contributed by atoms with Crippen LogP contribution in [0.3, 0.4) is 0 Å². The Morgan fingerprint density at radius 3 is 2.18 bits per heavy atom. The zero-order chi connectivity index (χ0) is 20.5. The minimum atomic E-state index is -0.473. The number of ether oxygens (including phenoxy) is 2. The molecule has 2 amide bonds. The summed E-state index contributed by atoms with van der Waals surface area (Å²) < 4.78 is 11.6. The van der Waals surface area contributed by atoms with E-state index in [1.165, 1.54) is 5.56 Å². The molecule has 7 heteroatoms. The first kappa shape index (κ1) is 21.8. The van der Waals surface area contributed by atoms with Gasteiger partial charge in [-0.2, -0.15) is 0 Å². The molecule has 0 aromatic heterocycles. The molecule has 0 bridgehead atoms. The number of hydrazine groups is 1. The number of rotatable bonds is 8. The fraction of sp³-hybridized carbons (Fsp3) is 0.333. The van der Waals surface area contributed by atoms with E-state index in [1.807, 2.05) is 43.3 Å². The lowest BCUT2D eigenvalue weighted by molar-refractivity contribution is -0.131. The zero-order valence-corrected chi connectivity index (χ0v) is 17.8. The van der Waals surface area contributed by atoms with Gasteiger partial charge in [0.05, 0.1) is 4.47 Å². The van der Waals surface area contributed by atoms with Gasteiger partial charge in [-0.25, -0.2) is 0 Å². The second-order valence-electron chi connectivity index (χ2n) is 6.49. The minimum absolute atomic E-state index is 0.201. The SMILES string of the molecule is CCC(C)c1ccc(OCC(=O)NNC(=O)COc2ccc(C)cc2Br)cc1. The van der Waals surface area contributed by atoms with Crippen LogP contribution in [0.1, 0.15) is 37.3 Å². The van der Waals surface area contributed by atoms with E-state index < -0.39 is 11.8 Å². The number of halogens is 1. The molecule has 0 radical (unpaired) electrons. The van der Waals surface area contributed by atoms with Crippen molar-refractivity contribution in [2.45, 2.75) is 33.1 Å². The van der Waals surface area contributed by atoms with Gasteiger partial charge in [0.2, 0.25) is 0 Å². The zero-order valence-electron chi connectivity index (χ0n) is 16.3. The predicted molar refractivity (Wildman–Crippen MR) is 111 cm³/mol. The second kappa shape index (κ2) is 10.7. The maximum absolute atomic E-state index is 11.8. The third-order valence-electron chi connectivity index (χ3n) is 4.22. The van der Waals surface area contributed by atoms with Crippen LogP contribution in [0.15, 0.2) is 46.9 Å². The van der Waals surface area contributed by atoms with E-state index in [0.29, 0.717) is 17.4 Å². The van der Waals surface area contributed by atoms with E-state index in [9.17, 15) is 9.59 Å². The normalized spacial score (nSPS) is 11.4. The lowest BCUT2D eigenvalue weighted by atomic mass is 9.99. The molecule has 6 nitrogen and oxygen atoms in total. The van der Waals surface area contributed by atoms with Gasteiger partial charge >= 0.3 is 0 Å². The number of carbonyl (C=O) groups is 2. The van der Waals surface area contributed by atoms with Gasteiger partial charge in [-0.15, -0.1) is 0 Å². The summed E-state index contributed by atoms with van der Waals surface area (Å²) in [7, 11) is 0. The highest BCUT2D eigenvalue weighted by atomic mass is 79.9. The van der Waals surface area contributed by atoms with Gasteiger partial charge in [-0.1, -0.05) is 32.0 Å². The van der Waals surface area contributed by atoms with Crippen LogP contribution in [0, 0.1) is 6.92 Å². The molecule has 1 atom stereocenters. The maximum atomic E-state index is 11.8. The summed E-state index contributed by atoms with van der Waals surface area (Å²) in [5.74, 6) is 0.697. The van der Waals surface area contributed by atoms with E-state index in [-0.39, 0.29) is 13.2 Å². The first-order valence-electron chi connectivity index (χ1n) is 9.08. The molecule has 2 rings (SSSR count). The Bertz CT molecular complexity index is 809. The minimum Gasteiger partial charge on any atom is -0.484 e. The molecular formula is C21H25BrN2O4. The summed E-state index contributed by atoms with van der Waals surface area (Å²) in [5, 5.41) is 0. The van der Waals surface area contributed by atoms with Crippen molar-refractivity contribution in [1.29, 1.82) is 0 Å². The molecule has 2 aromatic rings. The van der Waals surface area contributed by atoms with Crippen LogP contribution in [-0.2, 0) is 9.59 Å². The lowest BCUT2D eigenvalue weighted by Crippen LogP contribution is -2.45. The van der Waals surface area contributed by atoms with Crippen molar-refractivity contribution in [2.24, 2.45) is 0 Å². The van der Waals surface area contributed by atoms with E-state index in [2.05, 4.69) is 40.6 Å². The quantitative estimate of drug-likeness (QED) is 0.600. The average Bonchev–Trinajstić information content (AvgIpc) is 2.69. The molecule has 0 aliphatic heterocycles. The Morgan fingerprint density at radius 2 is 1.61 bits per heavy atom. The molecule has 0 saturated carbocycles. The van der Waals surface area contributed by atoms with Crippen LogP contribution >= 0.6 is 15.9 Å². The van der Waals surface area contributed by atoms with Crippen molar-refractivity contribution in [3.63, 3.8) is 0 Å². The molecule has 1 unspecified atom stereocenters. The fourth-order valence-corrected chi connectivity index (χ4v) is 2.96. The second-order valence-corrected chi connectivity index (χ2v) is 7.34. The number of carbonyl (C=O) groups excluding carboxylic acids is 2. The third kappa shape index (κ3) is 6.88. The van der Waals surface area contributed by atoms with E-state index in [0.717, 1.165) is 16.5 Å². The lowest BCUT2D eigenvalue weighted by Gasteiger charge is -2.12. The molecule has 0 fully saturated rings. The summed E-state index contributed by atoms with van der Waals surface area (Å²) in [5.41, 5.74) is 6.89. The number of aryl methyl sites for hydroxylation is 1. The molecule has 0 aliphatic rings. The van der Waals surface area contributed by atoms with Crippen LogP contribution in [0.2, 0.25) is 0 Å². The Labute approximate surface area is 173 Å². The number of hydrogen-bond donors (Lipinski definition) is 2. The highest BCUT2D eigenvalue weighted by Gasteiger charge is 2.09. The first-order chi connectivity index (χ1) is 13.4. The van der Waals surface area contributed by atoms with Gasteiger partial charge in [0.25, 0.3) is 11.8 Å². The monoisotopic (exact) mass is 448 g/mol. The van der Waals surface area contributed by atoms with Crippen molar-refractivity contribution < 1.29 is 19.1 Å². The fourth-order valence-electron chi connectivity index (χ4n) is 2.35. The van der Waals surface area contributed by atoms with Gasteiger partial charge in [0, 0.05) is 0 Å². The van der Waals surface area contributed by atoms with Gasteiger partial charge in [0.1, 0.15) is 11.5 Å². The number of hydrogen-bond acceptors (Lipinski definition) is 4. The third-order valence-corrected chi connectivity index (χ3v) is 4.84. The Hall–Kier alpha value is -2.54. The highest BCUT2D eigenvalue weighted by Crippen LogP contribution is 2.25. The van der Waals surface area contributed by atoms with Crippen molar-refractivity contribution in [2.75, 3.05) is 13.2 Å². The molecule has 2 aromatic carbocycles. The summed E-state index contributed by atoms with van der Waals surface area (Å²) in [6, 6.07) is 13.2. The van der Waals surface area contributed by atoms with Gasteiger partial charge in [0.15, 0.2) is 13.2 Å². The van der Waals surface area contributed by atoms with Crippen molar-refractivity contribution >= 4 is 27.7 Å². The topological polar surface area (TPSA) is 76.7 Å². The number of benzene rings is 2. The molecule has 0 aliphatic carbocycles. The standard InChI is InChI=1S/C21H25BrN2O4/c1-4-15(3)16-6-8-17(9-7-16)27-12-20(25)23-24-21(26)13-28-19-10-5-14(2)11-18(19)22/h5-11,15H,4,12-13H2,1-3H3,(H,23,25)(H,24,26). The Kier molecular flexibility index (Phi) is 8.32. The molecule has 28 heavy (non-hydrogen) atoms. The van der Waals surface area contributed by atoms with Crippen LogP contribution < -0.4 is 20.3 Å². The summed E-state index contributed by atoms with van der Waals surface area (Å²) in [6.45, 7) is 5.83. The van der Waals surface area contributed by atoms with Gasteiger partial charge < -0.3 is 9.47 Å². The van der Waals surface area contributed by atoms with E-state index in [4.69, 9.17) is 9.47 Å². The van der Waals surface area contributed by atoms with Gasteiger partial charge in [-0.3, -0.25) is 20.4 Å². The first-order valence-corrected chi connectivity index (χ1v) is 9.87. The highest BCUT2D eigenvalue weighted by molar-refractivity contribution is 9.10. The van der Waals surface area contributed by atoms with Crippen molar-refractivity contribution in [3.8, 4) is 11.5 Å². The summed E-state index contributed by atoms with van der Waals surface area (Å²) in [4.78, 5) is 23.6. The van der Waals surface area contributed by atoms with Crippen molar-refractivity contribution in [1.82, 2.24) is 10.9 Å². The predicted octanol–water partition coefficient (Wildman–Crippen LogP) is 3.88. The molecular weight excluding hydrogens is 424 g/mol. The van der Waals surface area contributed by atoms with Gasteiger partial charge in [-0.05, 0) is 70.6 Å². The smallest absolute Gasteiger partial charge is 0.276 e. The van der Waals surface area contributed by atoms with Crippen LogP contribution in [0.5, 0.6) is 11.5 Å². The Morgan fingerprint density at radius 1 is 1.00 bits per heavy atom. The number of nitrogens with one attached hydrogen (secondary N) is 2. The molecule has 150 valence electrons. The largest absolute Gasteiger partial charge is 0.484 e. The van der Waals surface area contributed by atoms with E-state index in [1.54, 1.807) is 6.07 Å². The maximum Gasteiger partial charge on any atom is 0.276 e. The average molecular weight is 449 g/mol.